The molecule has 8 heteroatoms. The number of methoxy groups -OCH3 is 1. The van der Waals surface area contributed by atoms with Crippen molar-refractivity contribution in [2.75, 3.05) is 23.9 Å². The van der Waals surface area contributed by atoms with E-state index in [9.17, 15) is 9.59 Å². The minimum Gasteiger partial charge on any atom is -0.494 e. The van der Waals surface area contributed by atoms with Crippen LogP contribution in [0.15, 0.2) is 47.8 Å². The predicted octanol–water partition coefficient (Wildman–Crippen LogP) is 4.42. The highest BCUT2D eigenvalue weighted by molar-refractivity contribution is 7.09. The fourth-order valence-electron chi connectivity index (χ4n) is 3.34. The smallest absolute Gasteiger partial charge is 0.275 e. The van der Waals surface area contributed by atoms with E-state index in [0.717, 1.165) is 17.7 Å². The van der Waals surface area contributed by atoms with E-state index >= 15 is 0 Å². The lowest BCUT2D eigenvalue weighted by molar-refractivity contribution is -0.117. The molecule has 0 atom stereocenters. The molecule has 1 saturated heterocycles. The standard InChI is InChI=1S/C23H23N3O4S/c1-15-5-8-17(9-6-15)30-13-21-25-18(14-31-21)23(28)24-16-7-10-19(20(12-16)29-2)26-11-3-4-22(26)27/h5-10,12,14H,3-4,11,13H2,1-2H3,(H,24,28). The Labute approximate surface area is 184 Å². The van der Waals surface area contributed by atoms with Gasteiger partial charge in [-0.3, -0.25) is 9.59 Å². The van der Waals surface area contributed by atoms with Crippen LogP contribution in [0.3, 0.4) is 0 Å². The lowest BCUT2D eigenvalue weighted by Gasteiger charge is -2.19. The molecule has 1 N–H and O–H groups in total. The topological polar surface area (TPSA) is 80.8 Å². The van der Waals surface area contributed by atoms with Gasteiger partial charge in [-0.2, -0.15) is 0 Å². The van der Waals surface area contributed by atoms with Crippen LogP contribution in [0.25, 0.3) is 0 Å². The molecule has 0 bridgehead atoms. The Hall–Kier alpha value is -3.39. The van der Waals surface area contributed by atoms with E-state index in [0.29, 0.717) is 47.4 Å². The first-order chi connectivity index (χ1) is 15.0. The molecule has 0 radical (unpaired) electrons. The lowest BCUT2D eigenvalue weighted by atomic mass is 10.2. The van der Waals surface area contributed by atoms with E-state index in [2.05, 4.69) is 10.3 Å². The van der Waals surface area contributed by atoms with Gasteiger partial charge >= 0.3 is 0 Å². The van der Waals surface area contributed by atoms with Gasteiger partial charge in [0.2, 0.25) is 5.91 Å². The van der Waals surface area contributed by atoms with Crippen LogP contribution < -0.4 is 19.7 Å². The number of nitrogens with one attached hydrogen (secondary N) is 1. The van der Waals surface area contributed by atoms with Crippen molar-refractivity contribution >= 4 is 34.5 Å². The molecule has 1 fully saturated rings. The first-order valence-electron chi connectivity index (χ1n) is 9.97. The molecule has 0 spiro atoms. The number of rotatable bonds is 7. The van der Waals surface area contributed by atoms with Crippen molar-refractivity contribution in [2.45, 2.75) is 26.4 Å². The summed E-state index contributed by atoms with van der Waals surface area (Å²) in [5.74, 6) is 1.07. The first-order valence-corrected chi connectivity index (χ1v) is 10.8. The number of amides is 2. The van der Waals surface area contributed by atoms with Gasteiger partial charge in [-0.25, -0.2) is 4.98 Å². The predicted molar refractivity (Wildman–Crippen MR) is 120 cm³/mol. The molecule has 160 valence electrons. The van der Waals surface area contributed by atoms with Crippen molar-refractivity contribution in [3.8, 4) is 11.5 Å². The average molecular weight is 438 g/mol. The average Bonchev–Trinajstić information content (AvgIpc) is 3.42. The molecule has 2 amide bonds. The summed E-state index contributed by atoms with van der Waals surface area (Å²) in [5, 5.41) is 5.26. The van der Waals surface area contributed by atoms with E-state index in [4.69, 9.17) is 9.47 Å². The Bertz CT molecular complexity index is 1090. The van der Waals surface area contributed by atoms with Crippen molar-refractivity contribution in [3.05, 3.63) is 64.1 Å². The fourth-order valence-corrected chi connectivity index (χ4v) is 4.02. The Balaban J connectivity index is 1.40. The van der Waals surface area contributed by atoms with Gasteiger partial charge in [0.15, 0.2) is 0 Å². The molecule has 2 heterocycles. The maximum atomic E-state index is 12.6. The van der Waals surface area contributed by atoms with Crippen molar-refractivity contribution in [2.24, 2.45) is 0 Å². The van der Waals surface area contributed by atoms with E-state index in [1.165, 1.54) is 11.3 Å². The maximum absolute atomic E-state index is 12.6. The molecule has 7 nitrogen and oxygen atoms in total. The highest BCUT2D eigenvalue weighted by Crippen LogP contribution is 2.34. The van der Waals surface area contributed by atoms with Gasteiger partial charge in [0.25, 0.3) is 5.91 Å². The summed E-state index contributed by atoms with van der Waals surface area (Å²) in [4.78, 5) is 30.7. The number of aromatic nitrogens is 1. The van der Waals surface area contributed by atoms with Crippen molar-refractivity contribution < 1.29 is 19.1 Å². The van der Waals surface area contributed by atoms with Crippen molar-refractivity contribution in [1.29, 1.82) is 0 Å². The first kappa shape index (κ1) is 20.9. The number of hydrogen-bond donors (Lipinski definition) is 1. The molecule has 0 aliphatic carbocycles. The Kier molecular flexibility index (Phi) is 6.18. The second-order valence-corrected chi connectivity index (χ2v) is 8.16. The van der Waals surface area contributed by atoms with Crippen LogP contribution in [0.2, 0.25) is 0 Å². The number of carbonyl (C=O) groups is 2. The van der Waals surface area contributed by atoms with Crippen LogP contribution >= 0.6 is 11.3 Å². The molecule has 3 aromatic rings. The van der Waals surface area contributed by atoms with Gasteiger partial charge < -0.3 is 19.7 Å². The number of nitrogens with zero attached hydrogens (tertiary/aromatic N) is 2. The molecule has 0 unspecified atom stereocenters. The third kappa shape index (κ3) is 4.86. The summed E-state index contributed by atoms with van der Waals surface area (Å²) < 4.78 is 11.2. The molecule has 1 aliphatic rings. The van der Waals surface area contributed by atoms with E-state index in [-0.39, 0.29) is 11.8 Å². The highest BCUT2D eigenvalue weighted by atomic mass is 32.1. The summed E-state index contributed by atoms with van der Waals surface area (Å²) in [6.07, 6.45) is 1.38. The molecule has 2 aromatic carbocycles. The number of ether oxygens (including phenoxy) is 2. The number of benzene rings is 2. The Morgan fingerprint density at radius 2 is 2.03 bits per heavy atom. The van der Waals surface area contributed by atoms with Crippen molar-refractivity contribution in [1.82, 2.24) is 4.98 Å². The summed E-state index contributed by atoms with van der Waals surface area (Å²) in [5.41, 5.74) is 2.78. The van der Waals surface area contributed by atoms with Crippen LogP contribution in [0.5, 0.6) is 11.5 Å². The summed E-state index contributed by atoms with van der Waals surface area (Å²) in [6.45, 7) is 2.99. The zero-order chi connectivity index (χ0) is 21.8. The van der Waals surface area contributed by atoms with Gasteiger partial charge in [0.1, 0.15) is 28.8 Å². The number of anilines is 2. The second-order valence-electron chi connectivity index (χ2n) is 7.22. The molecular weight excluding hydrogens is 414 g/mol. The van der Waals surface area contributed by atoms with Crippen LogP contribution in [-0.4, -0.2) is 30.5 Å². The van der Waals surface area contributed by atoms with Gasteiger partial charge in [-0.1, -0.05) is 17.7 Å². The summed E-state index contributed by atoms with van der Waals surface area (Å²) in [7, 11) is 1.55. The third-order valence-corrected chi connectivity index (χ3v) is 5.79. The van der Waals surface area contributed by atoms with Gasteiger partial charge in [0.05, 0.1) is 12.8 Å². The maximum Gasteiger partial charge on any atom is 0.275 e. The van der Waals surface area contributed by atoms with E-state index < -0.39 is 0 Å². The van der Waals surface area contributed by atoms with Crippen LogP contribution in [0.4, 0.5) is 11.4 Å². The fraction of sp³-hybridized carbons (Fsp3) is 0.261. The molecule has 31 heavy (non-hydrogen) atoms. The third-order valence-electron chi connectivity index (χ3n) is 4.97. The summed E-state index contributed by atoms with van der Waals surface area (Å²) in [6, 6.07) is 13.0. The van der Waals surface area contributed by atoms with Crippen LogP contribution in [-0.2, 0) is 11.4 Å². The molecule has 0 saturated carbocycles. The Morgan fingerprint density at radius 3 is 2.74 bits per heavy atom. The highest BCUT2D eigenvalue weighted by Gasteiger charge is 2.24. The zero-order valence-corrected chi connectivity index (χ0v) is 18.2. The zero-order valence-electron chi connectivity index (χ0n) is 17.4. The Morgan fingerprint density at radius 1 is 1.23 bits per heavy atom. The minimum absolute atomic E-state index is 0.0814. The monoisotopic (exact) mass is 437 g/mol. The quantitative estimate of drug-likeness (QED) is 0.592. The van der Waals surface area contributed by atoms with Gasteiger partial charge in [-0.15, -0.1) is 11.3 Å². The van der Waals surface area contributed by atoms with Crippen molar-refractivity contribution in [3.63, 3.8) is 0 Å². The molecular formula is C23H23N3O4S. The molecule has 1 aromatic heterocycles. The molecule has 4 rings (SSSR count). The minimum atomic E-state index is -0.315. The van der Waals surface area contributed by atoms with Crippen LogP contribution in [0, 0.1) is 6.92 Å². The van der Waals surface area contributed by atoms with Crippen LogP contribution in [0.1, 0.15) is 33.9 Å². The van der Waals surface area contributed by atoms with E-state index in [1.54, 1.807) is 35.6 Å². The van der Waals surface area contributed by atoms with Gasteiger partial charge in [0, 0.05) is 30.1 Å². The normalized spacial score (nSPS) is 13.4. The number of carbonyl (C=O) groups excluding carboxylic acids is 2. The number of aryl methyl sites for hydroxylation is 1. The largest absolute Gasteiger partial charge is 0.494 e. The number of hydrogen-bond acceptors (Lipinski definition) is 6. The van der Waals surface area contributed by atoms with E-state index in [1.807, 2.05) is 31.2 Å². The lowest BCUT2D eigenvalue weighted by Crippen LogP contribution is -2.24. The SMILES string of the molecule is COc1cc(NC(=O)c2csc(COc3ccc(C)cc3)n2)ccc1N1CCCC1=O. The second kappa shape index (κ2) is 9.18. The summed E-state index contributed by atoms with van der Waals surface area (Å²) >= 11 is 1.37. The number of thiazole rings is 1. The molecule has 1 aliphatic heterocycles. The van der Waals surface area contributed by atoms with Gasteiger partial charge in [-0.05, 0) is 37.6 Å².